The number of hydrogen-bond acceptors (Lipinski definition) is 3. The Balaban J connectivity index is 0.00000288. The summed E-state index contributed by atoms with van der Waals surface area (Å²) in [7, 11) is 3.97. The average Bonchev–Trinajstić information content (AvgIpc) is 3.18. The van der Waals surface area contributed by atoms with Crippen LogP contribution < -0.4 is 5.32 Å². The lowest BCUT2D eigenvalue weighted by molar-refractivity contribution is 0.446. The summed E-state index contributed by atoms with van der Waals surface area (Å²) >= 11 is 0. The number of aliphatic imine (C=N–C) groups is 1. The van der Waals surface area contributed by atoms with Gasteiger partial charge < -0.3 is 10.2 Å². The van der Waals surface area contributed by atoms with E-state index in [0.29, 0.717) is 6.54 Å². The highest BCUT2D eigenvalue weighted by molar-refractivity contribution is 14.0. The fourth-order valence-electron chi connectivity index (χ4n) is 3.25. The first-order valence-corrected chi connectivity index (χ1v) is 9.03. The number of aryl methyl sites for hydroxylation is 1. The molecule has 0 atom stereocenters. The van der Waals surface area contributed by atoms with Crippen molar-refractivity contribution in [2.75, 3.05) is 20.1 Å². The van der Waals surface area contributed by atoms with E-state index >= 15 is 0 Å². The second kappa shape index (κ2) is 11.7. The maximum absolute atomic E-state index is 4.76. The average molecular weight is 448 g/mol. The van der Waals surface area contributed by atoms with E-state index in [-0.39, 0.29) is 24.0 Å². The van der Waals surface area contributed by atoms with Gasteiger partial charge in [0.05, 0.1) is 6.54 Å². The van der Waals surface area contributed by atoms with Gasteiger partial charge in [0, 0.05) is 27.2 Å². The lowest BCUT2D eigenvalue weighted by atomic mass is 10.0. The molecule has 0 radical (unpaired) electrons. The summed E-state index contributed by atoms with van der Waals surface area (Å²) in [6.07, 6.45) is 11.3. The van der Waals surface area contributed by atoms with E-state index < -0.39 is 0 Å². The monoisotopic (exact) mass is 448 g/mol. The van der Waals surface area contributed by atoms with Crippen LogP contribution in [0, 0.1) is 5.92 Å². The molecule has 0 aliphatic heterocycles. The van der Waals surface area contributed by atoms with Gasteiger partial charge in [0.2, 0.25) is 0 Å². The summed E-state index contributed by atoms with van der Waals surface area (Å²) in [5.41, 5.74) is 0. The molecule has 1 N–H and O–H groups in total. The molecule has 1 aliphatic carbocycles. The minimum Gasteiger partial charge on any atom is -0.357 e. The van der Waals surface area contributed by atoms with E-state index in [0.717, 1.165) is 30.8 Å². The molecule has 2 rings (SSSR count). The van der Waals surface area contributed by atoms with Gasteiger partial charge in [-0.3, -0.25) is 9.67 Å². The number of nitrogens with zero attached hydrogens (tertiary/aromatic N) is 5. The predicted molar refractivity (Wildman–Crippen MR) is 110 cm³/mol. The molecular weight excluding hydrogens is 415 g/mol. The smallest absolute Gasteiger partial charge is 0.194 e. The number of guanidine groups is 1. The highest BCUT2D eigenvalue weighted by Crippen LogP contribution is 2.28. The molecule has 0 amide bonds. The summed E-state index contributed by atoms with van der Waals surface area (Å²) < 4.78 is 1.81. The predicted octanol–water partition coefficient (Wildman–Crippen LogP) is 3.19. The second-order valence-corrected chi connectivity index (χ2v) is 6.54. The lowest BCUT2D eigenvalue weighted by Gasteiger charge is -2.21. The highest BCUT2D eigenvalue weighted by Gasteiger charge is 2.14. The molecule has 1 aliphatic rings. The Bertz CT molecular complexity index is 481. The molecule has 7 heteroatoms. The molecule has 1 saturated carbocycles. The van der Waals surface area contributed by atoms with E-state index in [4.69, 9.17) is 4.99 Å². The van der Waals surface area contributed by atoms with Crippen molar-refractivity contribution >= 4 is 29.9 Å². The van der Waals surface area contributed by atoms with Gasteiger partial charge in [-0.2, -0.15) is 5.10 Å². The van der Waals surface area contributed by atoms with E-state index in [9.17, 15) is 0 Å². The number of aromatic nitrogens is 3. The van der Waals surface area contributed by atoms with Gasteiger partial charge in [0.15, 0.2) is 5.96 Å². The lowest BCUT2D eigenvalue weighted by Crippen LogP contribution is -2.39. The van der Waals surface area contributed by atoms with Crippen LogP contribution >= 0.6 is 24.0 Å². The van der Waals surface area contributed by atoms with Crippen LogP contribution in [0.5, 0.6) is 0 Å². The van der Waals surface area contributed by atoms with Crippen LogP contribution in [0.25, 0.3) is 0 Å². The third-order valence-corrected chi connectivity index (χ3v) is 4.64. The van der Waals surface area contributed by atoms with Crippen molar-refractivity contribution in [3.63, 3.8) is 0 Å². The largest absolute Gasteiger partial charge is 0.357 e. The molecule has 1 fully saturated rings. The fourth-order valence-corrected chi connectivity index (χ4v) is 3.25. The Morgan fingerprint density at radius 2 is 2.12 bits per heavy atom. The van der Waals surface area contributed by atoms with Crippen LogP contribution in [0.2, 0.25) is 0 Å². The second-order valence-electron chi connectivity index (χ2n) is 6.54. The zero-order chi connectivity index (χ0) is 16.5. The van der Waals surface area contributed by atoms with Crippen molar-refractivity contribution < 1.29 is 0 Å². The molecule has 0 aromatic carbocycles. The molecule has 0 saturated heterocycles. The number of rotatable bonds is 8. The first-order valence-electron chi connectivity index (χ1n) is 9.03. The van der Waals surface area contributed by atoms with Crippen molar-refractivity contribution in [2.24, 2.45) is 18.0 Å². The molecular formula is C17H33IN6. The zero-order valence-electron chi connectivity index (χ0n) is 15.4. The van der Waals surface area contributed by atoms with Crippen LogP contribution in [0.3, 0.4) is 0 Å². The third kappa shape index (κ3) is 6.94. The fraction of sp³-hybridized carbons (Fsp3) is 0.824. The van der Waals surface area contributed by atoms with Gasteiger partial charge in [-0.15, -0.1) is 24.0 Å². The molecule has 0 unspecified atom stereocenters. The van der Waals surface area contributed by atoms with Crippen LogP contribution in [-0.4, -0.2) is 45.8 Å². The van der Waals surface area contributed by atoms with Crippen molar-refractivity contribution in [3.05, 3.63) is 12.2 Å². The Labute approximate surface area is 163 Å². The highest BCUT2D eigenvalue weighted by atomic mass is 127. The number of hydrogen-bond donors (Lipinski definition) is 1. The third-order valence-electron chi connectivity index (χ3n) is 4.64. The maximum Gasteiger partial charge on any atom is 0.194 e. The summed E-state index contributed by atoms with van der Waals surface area (Å²) in [6.45, 7) is 4.60. The van der Waals surface area contributed by atoms with Crippen molar-refractivity contribution in [2.45, 2.75) is 58.4 Å². The minimum absolute atomic E-state index is 0. The molecule has 1 heterocycles. The number of nitrogens with one attached hydrogen (secondary N) is 1. The Morgan fingerprint density at radius 3 is 2.75 bits per heavy atom. The van der Waals surface area contributed by atoms with Crippen LogP contribution in [0.15, 0.2) is 11.3 Å². The summed E-state index contributed by atoms with van der Waals surface area (Å²) in [4.78, 5) is 11.2. The first kappa shape index (κ1) is 21.2. The normalized spacial score (nSPS) is 15.4. The summed E-state index contributed by atoms with van der Waals surface area (Å²) in [5.74, 6) is 2.89. The molecule has 0 spiro atoms. The Kier molecular flexibility index (Phi) is 10.3. The molecule has 1 aromatic heterocycles. The standard InChI is InChI=1S/C17H32N6.HI/c1-4-18-17(22(2)13-16-20-14-21-23(16)3)19-12-8-7-11-15-9-5-6-10-15;/h14-15H,4-13H2,1-3H3,(H,18,19);1H. The molecule has 0 bridgehead atoms. The van der Waals surface area contributed by atoms with Crippen molar-refractivity contribution in [3.8, 4) is 0 Å². The van der Waals surface area contributed by atoms with E-state index in [2.05, 4.69) is 34.3 Å². The zero-order valence-corrected chi connectivity index (χ0v) is 17.7. The SMILES string of the molecule is CCNC(=NCCCCC1CCCC1)N(C)Cc1ncnn1C.I. The van der Waals surface area contributed by atoms with Gasteiger partial charge in [0.25, 0.3) is 0 Å². The van der Waals surface area contributed by atoms with Gasteiger partial charge in [-0.1, -0.05) is 38.5 Å². The van der Waals surface area contributed by atoms with Gasteiger partial charge in [0.1, 0.15) is 12.2 Å². The van der Waals surface area contributed by atoms with Crippen LogP contribution in [0.1, 0.15) is 57.7 Å². The van der Waals surface area contributed by atoms with E-state index in [1.165, 1.54) is 44.9 Å². The van der Waals surface area contributed by atoms with Crippen LogP contribution in [-0.2, 0) is 13.6 Å². The molecule has 1 aromatic rings. The van der Waals surface area contributed by atoms with Crippen molar-refractivity contribution in [1.29, 1.82) is 0 Å². The molecule has 138 valence electrons. The van der Waals surface area contributed by atoms with Gasteiger partial charge >= 0.3 is 0 Å². The Morgan fingerprint density at radius 1 is 1.38 bits per heavy atom. The van der Waals surface area contributed by atoms with E-state index in [1.54, 1.807) is 6.33 Å². The number of unbranched alkanes of at least 4 members (excludes halogenated alkanes) is 1. The molecule has 6 nitrogen and oxygen atoms in total. The summed E-state index contributed by atoms with van der Waals surface area (Å²) in [6, 6.07) is 0. The first-order chi connectivity index (χ1) is 11.2. The van der Waals surface area contributed by atoms with Crippen LogP contribution in [0.4, 0.5) is 0 Å². The van der Waals surface area contributed by atoms with E-state index in [1.807, 2.05) is 11.7 Å². The quantitative estimate of drug-likeness (QED) is 0.287. The van der Waals surface area contributed by atoms with Gasteiger partial charge in [-0.25, -0.2) is 4.98 Å². The Hall–Kier alpha value is -0.860. The van der Waals surface area contributed by atoms with Crippen molar-refractivity contribution in [1.82, 2.24) is 25.0 Å². The minimum atomic E-state index is 0. The molecule has 24 heavy (non-hydrogen) atoms. The summed E-state index contributed by atoms with van der Waals surface area (Å²) in [5, 5.41) is 7.48. The number of halogens is 1. The van der Waals surface area contributed by atoms with Gasteiger partial charge in [-0.05, 0) is 19.3 Å². The topological polar surface area (TPSA) is 58.3 Å². The maximum atomic E-state index is 4.76.